The molecule has 0 atom stereocenters. The van der Waals surface area contributed by atoms with Crippen LogP contribution in [0.3, 0.4) is 0 Å². The lowest BCUT2D eigenvalue weighted by Gasteiger charge is -2.20. The van der Waals surface area contributed by atoms with Gasteiger partial charge in [-0.3, -0.25) is 9.10 Å². The van der Waals surface area contributed by atoms with Gasteiger partial charge < -0.3 is 10.1 Å². The van der Waals surface area contributed by atoms with Crippen LogP contribution in [0, 0.1) is 6.92 Å². The third-order valence-corrected chi connectivity index (χ3v) is 6.37. The van der Waals surface area contributed by atoms with Crippen LogP contribution in [0.25, 0.3) is 0 Å². The minimum atomic E-state index is -3.73. The van der Waals surface area contributed by atoms with Crippen LogP contribution in [0.1, 0.15) is 22.8 Å². The highest BCUT2D eigenvalue weighted by molar-refractivity contribution is 7.92. The Morgan fingerprint density at radius 1 is 1.00 bits per heavy atom. The smallest absolute Gasteiger partial charge is 0.264 e. The number of anilines is 2. The number of benzene rings is 3. The lowest BCUT2D eigenvalue weighted by atomic mass is 10.2. The minimum absolute atomic E-state index is 0.194. The Bertz CT molecular complexity index is 1120. The molecular weight excluding hydrogens is 400 g/mol. The lowest BCUT2D eigenvalue weighted by molar-refractivity contribution is 0.102. The van der Waals surface area contributed by atoms with Crippen molar-refractivity contribution in [1.82, 2.24) is 0 Å². The van der Waals surface area contributed by atoms with E-state index in [1.54, 1.807) is 72.8 Å². The van der Waals surface area contributed by atoms with Crippen LogP contribution in [0.15, 0.2) is 77.7 Å². The zero-order valence-corrected chi connectivity index (χ0v) is 17.9. The third-order valence-electron chi connectivity index (χ3n) is 4.57. The molecule has 0 aliphatic carbocycles. The van der Waals surface area contributed by atoms with Gasteiger partial charge in [0.05, 0.1) is 17.2 Å². The van der Waals surface area contributed by atoms with Gasteiger partial charge in [-0.2, -0.15) is 0 Å². The Kier molecular flexibility index (Phi) is 6.42. The highest BCUT2D eigenvalue weighted by atomic mass is 32.2. The van der Waals surface area contributed by atoms with Gasteiger partial charge >= 0.3 is 0 Å². The first-order chi connectivity index (χ1) is 14.3. The van der Waals surface area contributed by atoms with Crippen molar-refractivity contribution in [2.45, 2.75) is 18.7 Å². The van der Waals surface area contributed by atoms with E-state index < -0.39 is 10.0 Å². The lowest BCUT2D eigenvalue weighted by Crippen LogP contribution is -2.26. The number of hydrogen-bond acceptors (Lipinski definition) is 4. The number of hydrogen-bond donors (Lipinski definition) is 1. The van der Waals surface area contributed by atoms with Crippen LogP contribution >= 0.6 is 0 Å². The van der Waals surface area contributed by atoms with Crippen molar-refractivity contribution < 1.29 is 17.9 Å². The van der Waals surface area contributed by atoms with Crippen molar-refractivity contribution in [3.63, 3.8) is 0 Å². The summed E-state index contributed by atoms with van der Waals surface area (Å²) in [5.74, 6) is 0.391. The molecule has 0 heterocycles. The van der Waals surface area contributed by atoms with Gasteiger partial charge in [-0.15, -0.1) is 0 Å². The molecule has 3 aromatic rings. The van der Waals surface area contributed by atoms with E-state index in [-0.39, 0.29) is 10.8 Å². The molecule has 0 unspecified atom stereocenters. The average molecular weight is 425 g/mol. The monoisotopic (exact) mass is 424 g/mol. The number of aryl methyl sites for hydroxylation is 1. The largest absolute Gasteiger partial charge is 0.494 e. The quantitative estimate of drug-likeness (QED) is 0.607. The van der Waals surface area contributed by atoms with Crippen molar-refractivity contribution in [2.75, 3.05) is 23.3 Å². The maximum atomic E-state index is 12.9. The Morgan fingerprint density at radius 3 is 2.30 bits per heavy atom. The van der Waals surface area contributed by atoms with E-state index in [1.165, 1.54) is 11.4 Å². The SMILES string of the molecule is CCOc1ccc(NC(=O)c2cccc(N(C)S(=O)(=O)c3ccc(C)cc3)c2)cc1. The molecule has 3 rings (SSSR count). The molecule has 0 saturated carbocycles. The van der Waals surface area contributed by atoms with Crippen LogP contribution in [0.4, 0.5) is 11.4 Å². The maximum absolute atomic E-state index is 12.9. The van der Waals surface area contributed by atoms with E-state index in [4.69, 9.17) is 4.74 Å². The second kappa shape index (κ2) is 9.00. The summed E-state index contributed by atoms with van der Waals surface area (Å²) in [6, 6.07) is 20.2. The van der Waals surface area contributed by atoms with Gasteiger partial charge in [-0.1, -0.05) is 23.8 Å². The van der Waals surface area contributed by atoms with Crippen molar-refractivity contribution in [1.29, 1.82) is 0 Å². The summed E-state index contributed by atoms with van der Waals surface area (Å²) in [5.41, 5.74) is 2.35. The summed E-state index contributed by atoms with van der Waals surface area (Å²) < 4.78 is 32.4. The van der Waals surface area contributed by atoms with E-state index in [0.29, 0.717) is 23.5 Å². The van der Waals surface area contributed by atoms with Gasteiger partial charge in [-0.05, 0) is 68.4 Å². The van der Waals surface area contributed by atoms with Gasteiger partial charge in [0, 0.05) is 18.3 Å². The molecule has 0 radical (unpaired) electrons. The average Bonchev–Trinajstić information content (AvgIpc) is 2.75. The van der Waals surface area contributed by atoms with Gasteiger partial charge in [0.2, 0.25) is 0 Å². The number of sulfonamides is 1. The van der Waals surface area contributed by atoms with Crippen molar-refractivity contribution in [3.8, 4) is 5.75 Å². The predicted molar refractivity (Wildman–Crippen MR) is 119 cm³/mol. The summed E-state index contributed by atoms with van der Waals surface area (Å²) in [4.78, 5) is 12.8. The molecule has 3 aromatic carbocycles. The van der Waals surface area contributed by atoms with Crippen LogP contribution in [0.2, 0.25) is 0 Å². The highest BCUT2D eigenvalue weighted by Crippen LogP contribution is 2.24. The first kappa shape index (κ1) is 21.4. The Labute approximate surface area is 177 Å². The second-order valence-corrected chi connectivity index (χ2v) is 8.72. The number of nitrogens with zero attached hydrogens (tertiary/aromatic N) is 1. The van der Waals surface area contributed by atoms with Gasteiger partial charge in [-0.25, -0.2) is 8.42 Å². The summed E-state index contributed by atoms with van der Waals surface area (Å²) >= 11 is 0. The molecular formula is C23H24N2O4S. The van der Waals surface area contributed by atoms with Crippen LogP contribution < -0.4 is 14.4 Å². The summed E-state index contributed by atoms with van der Waals surface area (Å²) in [6.45, 7) is 4.36. The fraction of sp³-hybridized carbons (Fsp3) is 0.174. The van der Waals surface area contributed by atoms with Crippen molar-refractivity contribution in [3.05, 3.63) is 83.9 Å². The Morgan fingerprint density at radius 2 is 1.67 bits per heavy atom. The van der Waals surface area contributed by atoms with E-state index in [2.05, 4.69) is 5.32 Å². The molecule has 1 amide bonds. The number of carbonyl (C=O) groups excluding carboxylic acids is 1. The zero-order valence-electron chi connectivity index (χ0n) is 17.1. The molecule has 1 N–H and O–H groups in total. The Hall–Kier alpha value is -3.32. The molecule has 30 heavy (non-hydrogen) atoms. The molecule has 0 aromatic heterocycles. The maximum Gasteiger partial charge on any atom is 0.264 e. The molecule has 0 saturated heterocycles. The number of ether oxygens (including phenoxy) is 1. The Balaban J connectivity index is 1.79. The van der Waals surface area contributed by atoms with E-state index >= 15 is 0 Å². The molecule has 0 aliphatic rings. The molecule has 0 fully saturated rings. The van der Waals surface area contributed by atoms with Crippen molar-refractivity contribution >= 4 is 27.3 Å². The van der Waals surface area contributed by atoms with E-state index in [1.807, 2.05) is 13.8 Å². The van der Waals surface area contributed by atoms with E-state index in [9.17, 15) is 13.2 Å². The fourth-order valence-corrected chi connectivity index (χ4v) is 4.04. The normalized spacial score (nSPS) is 11.0. The number of rotatable bonds is 7. The summed E-state index contributed by atoms with van der Waals surface area (Å²) in [6.07, 6.45) is 0. The minimum Gasteiger partial charge on any atom is -0.494 e. The van der Waals surface area contributed by atoms with Gasteiger partial charge in [0.25, 0.3) is 15.9 Å². The summed E-state index contributed by atoms with van der Waals surface area (Å²) in [7, 11) is -2.26. The van der Waals surface area contributed by atoms with E-state index in [0.717, 1.165) is 11.3 Å². The third kappa shape index (κ3) is 4.80. The number of amides is 1. The van der Waals surface area contributed by atoms with Gasteiger partial charge in [0.1, 0.15) is 5.75 Å². The topological polar surface area (TPSA) is 75.7 Å². The van der Waals surface area contributed by atoms with Crippen LogP contribution in [-0.2, 0) is 10.0 Å². The zero-order chi connectivity index (χ0) is 21.7. The van der Waals surface area contributed by atoms with Gasteiger partial charge in [0.15, 0.2) is 0 Å². The molecule has 0 aliphatic heterocycles. The standard InChI is InChI=1S/C23H24N2O4S/c1-4-29-21-12-10-19(11-13-21)24-23(26)18-6-5-7-20(16-18)25(3)30(27,28)22-14-8-17(2)9-15-22/h5-16H,4H2,1-3H3,(H,24,26). The predicted octanol–water partition coefficient (Wildman–Crippen LogP) is 4.47. The highest BCUT2D eigenvalue weighted by Gasteiger charge is 2.22. The van der Waals surface area contributed by atoms with Crippen LogP contribution in [-0.4, -0.2) is 28.0 Å². The molecule has 6 nitrogen and oxygen atoms in total. The fourth-order valence-electron chi connectivity index (χ4n) is 2.85. The van der Waals surface area contributed by atoms with Crippen molar-refractivity contribution in [2.24, 2.45) is 0 Å². The number of nitrogens with one attached hydrogen (secondary N) is 1. The first-order valence-electron chi connectivity index (χ1n) is 9.51. The van der Waals surface area contributed by atoms with Crippen LogP contribution in [0.5, 0.6) is 5.75 Å². The summed E-state index contributed by atoms with van der Waals surface area (Å²) in [5, 5.41) is 2.81. The first-order valence-corrected chi connectivity index (χ1v) is 10.9. The molecule has 0 spiro atoms. The molecule has 7 heteroatoms. The molecule has 156 valence electrons. The second-order valence-electron chi connectivity index (χ2n) is 6.75. The molecule has 0 bridgehead atoms. The number of carbonyl (C=O) groups is 1.